The predicted molar refractivity (Wildman–Crippen MR) is 122 cm³/mol. The average Bonchev–Trinajstić information content (AvgIpc) is 2.75. The van der Waals surface area contributed by atoms with Gasteiger partial charge in [-0.3, -0.25) is 14.5 Å². The number of piperidine rings is 1. The summed E-state index contributed by atoms with van der Waals surface area (Å²) >= 11 is 0. The summed E-state index contributed by atoms with van der Waals surface area (Å²) in [6.07, 6.45) is 3.49. The number of carbonyl (C=O) groups is 2. The third-order valence-corrected chi connectivity index (χ3v) is 6.09. The predicted octanol–water partition coefficient (Wildman–Crippen LogP) is 2.39. The summed E-state index contributed by atoms with van der Waals surface area (Å²) in [4.78, 5) is 26.3. The van der Waals surface area contributed by atoms with E-state index in [2.05, 4.69) is 17.1 Å². The van der Waals surface area contributed by atoms with Crippen molar-refractivity contribution in [3.05, 3.63) is 70.3 Å². The van der Waals surface area contributed by atoms with Crippen molar-refractivity contribution in [2.45, 2.75) is 45.6 Å². The lowest BCUT2D eigenvalue weighted by Crippen LogP contribution is -2.48. The van der Waals surface area contributed by atoms with E-state index in [1.54, 1.807) is 24.3 Å². The molecule has 0 saturated carbocycles. The normalized spacial score (nSPS) is 17.7. The Morgan fingerprint density at radius 2 is 2.00 bits per heavy atom. The number of amides is 1. The second kappa shape index (κ2) is 10.7. The first-order valence-electron chi connectivity index (χ1n) is 10.9. The molecule has 0 bridgehead atoms. The minimum absolute atomic E-state index is 0.210. The fourth-order valence-electron chi connectivity index (χ4n) is 4.22. The van der Waals surface area contributed by atoms with E-state index in [9.17, 15) is 19.6 Å². The highest BCUT2D eigenvalue weighted by atomic mass is 16.4. The molecule has 7 heteroatoms. The van der Waals surface area contributed by atoms with Crippen LogP contribution < -0.4 is 5.32 Å². The first-order chi connectivity index (χ1) is 14.9. The van der Waals surface area contributed by atoms with Crippen LogP contribution in [0.5, 0.6) is 0 Å². The molecule has 1 aliphatic heterocycles. The largest absolute Gasteiger partial charge is 0.475 e. The zero-order chi connectivity index (χ0) is 22.4. The molecule has 3 N–H and O–H groups in total. The van der Waals surface area contributed by atoms with Crippen molar-refractivity contribution in [3.8, 4) is 0 Å². The van der Waals surface area contributed by atoms with Crippen molar-refractivity contribution in [2.24, 2.45) is 5.92 Å². The Morgan fingerprint density at radius 3 is 2.65 bits per heavy atom. The Balaban J connectivity index is 1.63. The third-order valence-electron chi connectivity index (χ3n) is 6.09. The Kier molecular flexibility index (Phi) is 8.01. The van der Waals surface area contributed by atoms with E-state index in [4.69, 9.17) is 0 Å². The van der Waals surface area contributed by atoms with Crippen molar-refractivity contribution in [1.29, 1.82) is 0 Å². The smallest absolute Gasteiger partial charge is 0.426 e. The number of benzene rings is 2. The van der Waals surface area contributed by atoms with Crippen molar-refractivity contribution in [2.75, 3.05) is 13.1 Å². The van der Waals surface area contributed by atoms with Gasteiger partial charge >= 0.3 is 7.12 Å². The van der Waals surface area contributed by atoms with Crippen molar-refractivity contribution in [1.82, 2.24) is 10.2 Å². The summed E-state index contributed by atoms with van der Waals surface area (Å²) in [5.74, 6) is -0.528. The van der Waals surface area contributed by atoms with E-state index in [1.165, 1.54) is 12.8 Å². The number of likely N-dealkylation sites (tertiary alicyclic amines) is 1. The lowest BCUT2D eigenvalue weighted by Gasteiger charge is -2.30. The van der Waals surface area contributed by atoms with E-state index in [-0.39, 0.29) is 12.3 Å². The van der Waals surface area contributed by atoms with Crippen LogP contribution in [0, 0.1) is 12.8 Å². The topological polar surface area (TPSA) is 89.9 Å². The fraction of sp³-hybridized carbons (Fsp3) is 0.417. The number of nitrogens with one attached hydrogen (secondary N) is 1. The molecule has 1 aliphatic rings. The van der Waals surface area contributed by atoms with Crippen LogP contribution in [-0.4, -0.2) is 53.3 Å². The number of carbonyl (C=O) groups excluding carboxylic acids is 2. The summed E-state index contributed by atoms with van der Waals surface area (Å²) < 4.78 is 0. The lowest BCUT2D eigenvalue weighted by atomic mass is 9.75. The van der Waals surface area contributed by atoms with Crippen LogP contribution in [0.2, 0.25) is 0 Å². The highest BCUT2D eigenvalue weighted by Gasteiger charge is 2.27. The Morgan fingerprint density at radius 1 is 1.26 bits per heavy atom. The van der Waals surface area contributed by atoms with Gasteiger partial charge in [-0.2, -0.15) is 0 Å². The van der Waals surface area contributed by atoms with E-state index in [0.29, 0.717) is 11.1 Å². The standard InChI is InChI=1S/C24H31BN2O4/c1-17-5-4-12-27(14-17)15-19-8-10-20(11-9-19)24(29)26-23(25(30)31)13-21-6-3-7-22(16-28)18(21)2/h3,6-11,16-17,23,30-31H,4-5,12-15H2,1-2H3,(H,26,29)/t17?,23-/m0/s1. The summed E-state index contributed by atoms with van der Waals surface area (Å²) in [6, 6.07) is 12.7. The zero-order valence-corrected chi connectivity index (χ0v) is 18.3. The quantitative estimate of drug-likeness (QED) is 0.449. The SMILES string of the molecule is Cc1c(C=O)cccc1C[C@H](NC(=O)c1ccc(CN2CCCC(C)C2)cc1)B(O)O. The van der Waals surface area contributed by atoms with Gasteiger partial charge in [0.25, 0.3) is 5.91 Å². The maximum absolute atomic E-state index is 12.7. The van der Waals surface area contributed by atoms with Crippen molar-refractivity contribution < 1.29 is 19.6 Å². The molecule has 0 aliphatic carbocycles. The van der Waals surface area contributed by atoms with Crippen molar-refractivity contribution in [3.63, 3.8) is 0 Å². The van der Waals surface area contributed by atoms with Gasteiger partial charge in [-0.1, -0.05) is 37.3 Å². The number of hydrogen-bond donors (Lipinski definition) is 3. The van der Waals surface area contributed by atoms with Crippen LogP contribution in [0.25, 0.3) is 0 Å². The molecule has 3 rings (SSSR count). The molecule has 31 heavy (non-hydrogen) atoms. The second-order valence-electron chi connectivity index (χ2n) is 8.63. The molecule has 2 aromatic carbocycles. The second-order valence-corrected chi connectivity index (χ2v) is 8.63. The molecule has 0 radical (unpaired) electrons. The van der Waals surface area contributed by atoms with Gasteiger partial charge in [0.2, 0.25) is 0 Å². The molecular formula is C24H31BN2O4. The van der Waals surface area contributed by atoms with Gasteiger partial charge in [-0.15, -0.1) is 0 Å². The van der Waals surface area contributed by atoms with Gasteiger partial charge in [0.15, 0.2) is 0 Å². The van der Waals surface area contributed by atoms with Crippen LogP contribution >= 0.6 is 0 Å². The van der Waals surface area contributed by atoms with E-state index in [0.717, 1.165) is 48.5 Å². The molecule has 1 amide bonds. The lowest BCUT2D eigenvalue weighted by molar-refractivity contribution is 0.0941. The monoisotopic (exact) mass is 422 g/mol. The van der Waals surface area contributed by atoms with E-state index in [1.807, 2.05) is 25.1 Å². The van der Waals surface area contributed by atoms with Gasteiger partial charge in [0, 0.05) is 24.2 Å². The van der Waals surface area contributed by atoms with Crippen LogP contribution in [0.3, 0.4) is 0 Å². The molecular weight excluding hydrogens is 391 g/mol. The molecule has 1 saturated heterocycles. The zero-order valence-electron chi connectivity index (χ0n) is 18.3. The summed E-state index contributed by atoms with van der Waals surface area (Å²) in [7, 11) is -1.72. The van der Waals surface area contributed by atoms with Crippen LogP contribution in [0.4, 0.5) is 0 Å². The summed E-state index contributed by atoms with van der Waals surface area (Å²) in [5, 5.41) is 22.3. The Bertz CT molecular complexity index is 901. The maximum atomic E-state index is 12.7. The molecule has 2 atom stereocenters. The van der Waals surface area contributed by atoms with Gasteiger partial charge in [0.1, 0.15) is 6.29 Å². The van der Waals surface area contributed by atoms with Gasteiger partial charge in [-0.25, -0.2) is 0 Å². The highest BCUT2D eigenvalue weighted by molar-refractivity contribution is 6.43. The molecule has 1 unspecified atom stereocenters. The molecule has 0 aromatic heterocycles. The summed E-state index contributed by atoms with van der Waals surface area (Å²) in [5.41, 5.74) is 3.74. The molecule has 0 spiro atoms. The fourth-order valence-corrected chi connectivity index (χ4v) is 4.22. The Labute approximate surface area is 184 Å². The molecule has 164 valence electrons. The molecule has 6 nitrogen and oxygen atoms in total. The first-order valence-corrected chi connectivity index (χ1v) is 10.9. The average molecular weight is 422 g/mol. The van der Waals surface area contributed by atoms with E-state index >= 15 is 0 Å². The number of aldehydes is 1. The molecule has 1 heterocycles. The highest BCUT2D eigenvalue weighted by Crippen LogP contribution is 2.18. The Hall–Kier alpha value is -2.48. The van der Waals surface area contributed by atoms with Crippen LogP contribution in [0.1, 0.15) is 57.2 Å². The minimum atomic E-state index is -1.72. The van der Waals surface area contributed by atoms with Crippen LogP contribution in [0.15, 0.2) is 42.5 Å². The van der Waals surface area contributed by atoms with E-state index < -0.39 is 13.1 Å². The summed E-state index contributed by atoms with van der Waals surface area (Å²) in [6.45, 7) is 7.17. The van der Waals surface area contributed by atoms with Crippen LogP contribution in [-0.2, 0) is 13.0 Å². The third kappa shape index (κ3) is 6.26. The minimum Gasteiger partial charge on any atom is -0.426 e. The van der Waals surface area contributed by atoms with Crippen molar-refractivity contribution >= 4 is 19.3 Å². The molecule has 2 aromatic rings. The number of hydrogen-bond acceptors (Lipinski definition) is 5. The number of nitrogens with zero attached hydrogens (tertiary/aromatic N) is 1. The maximum Gasteiger partial charge on any atom is 0.475 e. The molecule has 1 fully saturated rings. The first kappa shape index (κ1) is 23.2. The number of rotatable bonds is 8. The van der Waals surface area contributed by atoms with Gasteiger partial charge in [-0.05, 0) is 67.5 Å². The van der Waals surface area contributed by atoms with Gasteiger partial charge in [0.05, 0.1) is 5.94 Å². The van der Waals surface area contributed by atoms with Gasteiger partial charge < -0.3 is 15.4 Å².